The summed E-state index contributed by atoms with van der Waals surface area (Å²) in [6, 6.07) is -0.676. The van der Waals surface area contributed by atoms with E-state index >= 15 is 4.39 Å². The third-order valence-electron chi connectivity index (χ3n) is 7.01. The fraction of sp³-hybridized carbons (Fsp3) is 0.440. The fourth-order valence-electron chi connectivity index (χ4n) is 5.11. The topological polar surface area (TPSA) is 110 Å². The van der Waals surface area contributed by atoms with Crippen LogP contribution in [0.1, 0.15) is 50.1 Å². The third kappa shape index (κ3) is 6.44. The fourth-order valence-corrected chi connectivity index (χ4v) is 5.76. The molecular formula is C25H27F6N5O3S. The molecule has 4 rings (SSSR count). The number of halogens is 6. The number of nitrogens with zero attached hydrogens (tertiary/aromatic N) is 4. The van der Waals surface area contributed by atoms with Gasteiger partial charge in [0, 0.05) is 30.4 Å². The van der Waals surface area contributed by atoms with E-state index in [1.807, 2.05) is 0 Å². The van der Waals surface area contributed by atoms with Gasteiger partial charge in [-0.1, -0.05) is 44.8 Å². The number of amides is 2. The quantitative estimate of drug-likeness (QED) is 0.333. The van der Waals surface area contributed by atoms with Crippen molar-refractivity contribution in [3.05, 3.63) is 54.1 Å². The molecule has 2 heterocycles. The summed E-state index contributed by atoms with van der Waals surface area (Å²) in [5.41, 5.74) is -0.829. The minimum Gasteiger partial charge on any atom is -0.391 e. The lowest BCUT2D eigenvalue weighted by molar-refractivity contribution is -0.128. The molecule has 0 radical (unpaired) electrons. The van der Waals surface area contributed by atoms with Gasteiger partial charge in [-0.2, -0.15) is 5.26 Å². The number of aliphatic hydroxyl groups excluding tert-OH is 1. The van der Waals surface area contributed by atoms with Gasteiger partial charge in [-0.25, -0.2) is 4.39 Å². The number of hydrogen-bond donors (Lipinski definition) is 2. The van der Waals surface area contributed by atoms with Crippen molar-refractivity contribution in [2.75, 3.05) is 11.4 Å². The molecule has 1 aliphatic heterocycles. The zero-order valence-electron chi connectivity index (χ0n) is 21.0. The maximum atomic E-state index is 15.4. The standard InChI is InChI=1S/C25H27F6N5O3S/c26-20-12-19(40(27,28,29,30)31)8-9-21(20)36(25(39)22-11-18(37)14-35(22)15-32)23(16-5-4-10-33-13-16)24(38)34-17-6-2-1-3-7-17/h4-5,8-10,12-13,17-18,22-23,37H,1-3,6-7,11,14H2,(H,34,38)/t18-,22-,23?/m1/s1. The minimum atomic E-state index is -10.3. The molecule has 40 heavy (non-hydrogen) atoms. The van der Waals surface area contributed by atoms with E-state index in [4.69, 9.17) is 0 Å². The van der Waals surface area contributed by atoms with Crippen LogP contribution in [0.5, 0.6) is 0 Å². The van der Waals surface area contributed by atoms with Crippen molar-refractivity contribution >= 4 is 27.7 Å². The molecule has 1 saturated heterocycles. The van der Waals surface area contributed by atoms with Crippen molar-refractivity contribution in [2.24, 2.45) is 0 Å². The predicted molar refractivity (Wildman–Crippen MR) is 134 cm³/mol. The van der Waals surface area contributed by atoms with Gasteiger partial charge < -0.3 is 10.4 Å². The number of likely N-dealkylation sites (tertiary alicyclic amines) is 1. The van der Waals surface area contributed by atoms with Gasteiger partial charge in [0.25, 0.3) is 5.91 Å². The average molecular weight is 592 g/mol. The van der Waals surface area contributed by atoms with E-state index in [0.29, 0.717) is 23.8 Å². The largest absolute Gasteiger partial charge is 0.391 e. The van der Waals surface area contributed by atoms with Crippen LogP contribution in [-0.2, 0) is 9.59 Å². The molecule has 2 amide bonds. The molecule has 2 aliphatic rings. The molecule has 2 aromatic rings. The molecule has 1 unspecified atom stereocenters. The number of hydrogen-bond acceptors (Lipinski definition) is 6. The Labute approximate surface area is 226 Å². The number of nitrogens with one attached hydrogen (secondary N) is 1. The van der Waals surface area contributed by atoms with E-state index in [2.05, 4.69) is 10.3 Å². The van der Waals surface area contributed by atoms with Crippen LogP contribution in [-0.4, -0.2) is 51.5 Å². The number of aromatic nitrogens is 1. The van der Waals surface area contributed by atoms with Crippen molar-refractivity contribution < 1.29 is 38.5 Å². The normalized spacial score (nSPS) is 22.5. The first-order valence-electron chi connectivity index (χ1n) is 12.5. The van der Waals surface area contributed by atoms with Crippen LogP contribution < -0.4 is 10.2 Å². The summed E-state index contributed by atoms with van der Waals surface area (Å²) >= 11 is 0. The second-order valence-electron chi connectivity index (χ2n) is 9.98. The molecule has 15 heteroatoms. The Kier molecular flexibility index (Phi) is 7.48. The summed E-state index contributed by atoms with van der Waals surface area (Å²) in [6.07, 6.45) is 6.74. The highest BCUT2D eigenvalue weighted by Gasteiger charge is 2.65. The van der Waals surface area contributed by atoms with Crippen LogP contribution in [0.3, 0.4) is 0 Å². The smallest absolute Gasteiger partial charge is 0.310 e. The summed E-state index contributed by atoms with van der Waals surface area (Å²) in [6.45, 7) is -0.252. The molecule has 1 aromatic heterocycles. The Morgan fingerprint density at radius 3 is 2.42 bits per heavy atom. The first-order chi connectivity index (χ1) is 18.6. The number of pyridine rings is 1. The Bertz CT molecular complexity index is 1320. The lowest BCUT2D eigenvalue weighted by Crippen LogP contribution is -2.52. The number of carbonyl (C=O) groups is 2. The van der Waals surface area contributed by atoms with E-state index < -0.39 is 62.7 Å². The van der Waals surface area contributed by atoms with Gasteiger partial charge in [0.05, 0.1) is 18.3 Å². The van der Waals surface area contributed by atoms with Crippen LogP contribution in [0.15, 0.2) is 47.6 Å². The highest BCUT2D eigenvalue weighted by molar-refractivity contribution is 8.45. The van der Waals surface area contributed by atoms with Crippen molar-refractivity contribution in [1.82, 2.24) is 15.2 Å². The summed E-state index contributed by atoms with van der Waals surface area (Å²) in [5, 5.41) is 22.4. The molecule has 2 fully saturated rings. The minimum absolute atomic E-state index is 0.0504. The van der Waals surface area contributed by atoms with Crippen molar-refractivity contribution in [2.45, 2.75) is 67.6 Å². The summed E-state index contributed by atoms with van der Waals surface area (Å²) in [7, 11) is -10.3. The number of anilines is 1. The molecule has 1 aromatic carbocycles. The van der Waals surface area contributed by atoms with Crippen LogP contribution in [0.2, 0.25) is 0 Å². The number of nitriles is 1. The lowest BCUT2D eigenvalue weighted by atomic mass is 9.94. The number of carbonyl (C=O) groups excluding carboxylic acids is 2. The van der Waals surface area contributed by atoms with E-state index in [0.717, 1.165) is 24.2 Å². The Hall–Kier alpha value is -3.51. The zero-order valence-corrected chi connectivity index (χ0v) is 21.8. The Morgan fingerprint density at radius 1 is 1.15 bits per heavy atom. The SMILES string of the molecule is N#CN1C[C@H](O)C[C@@H]1C(=O)N(c1ccc(S(F)(F)(F)(F)F)cc1F)C(C(=O)NC1CCCCC1)c1cccnc1. The van der Waals surface area contributed by atoms with Crippen LogP contribution in [0.25, 0.3) is 0 Å². The number of aliphatic hydroxyl groups is 1. The summed E-state index contributed by atoms with van der Waals surface area (Å²) in [5.74, 6) is -3.73. The van der Waals surface area contributed by atoms with Crippen molar-refractivity contribution in [3.8, 4) is 6.19 Å². The van der Waals surface area contributed by atoms with Crippen LogP contribution in [0, 0.1) is 17.3 Å². The molecule has 218 valence electrons. The first-order valence-corrected chi connectivity index (χ1v) is 14.5. The maximum absolute atomic E-state index is 15.4. The van der Waals surface area contributed by atoms with E-state index in [1.165, 1.54) is 24.5 Å². The van der Waals surface area contributed by atoms with Crippen molar-refractivity contribution in [1.29, 1.82) is 5.26 Å². The Balaban J connectivity index is 1.86. The molecule has 0 bridgehead atoms. The predicted octanol–water partition coefficient (Wildman–Crippen LogP) is 5.32. The molecule has 3 atom stereocenters. The van der Waals surface area contributed by atoms with Gasteiger partial charge in [-0.3, -0.25) is 24.4 Å². The van der Waals surface area contributed by atoms with Gasteiger partial charge >= 0.3 is 10.2 Å². The maximum Gasteiger partial charge on any atom is 0.310 e. The highest BCUT2D eigenvalue weighted by Crippen LogP contribution is 3.02. The highest BCUT2D eigenvalue weighted by atomic mass is 32.5. The molecule has 2 N–H and O–H groups in total. The molecule has 8 nitrogen and oxygen atoms in total. The molecule has 1 saturated carbocycles. The molecular weight excluding hydrogens is 564 g/mol. The number of benzene rings is 1. The second kappa shape index (κ2) is 10.2. The van der Waals surface area contributed by atoms with E-state index in [9.17, 15) is 39.4 Å². The zero-order chi connectivity index (χ0) is 29.4. The van der Waals surface area contributed by atoms with Crippen LogP contribution in [0.4, 0.5) is 29.5 Å². The monoisotopic (exact) mass is 591 g/mol. The number of rotatable bonds is 7. The van der Waals surface area contributed by atoms with Gasteiger partial charge in [0.1, 0.15) is 22.8 Å². The van der Waals surface area contributed by atoms with Gasteiger partial charge in [0.15, 0.2) is 6.19 Å². The van der Waals surface area contributed by atoms with Gasteiger partial charge in [-0.05, 0) is 37.1 Å². The van der Waals surface area contributed by atoms with E-state index in [1.54, 1.807) is 6.19 Å². The summed E-state index contributed by atoms with van der Waals surface area (Å²) < 4.78 is 82.5. The summed E-state index contributed by atoms with van der Waals surface area (Å²) in [4.78, 5) is 30.5. The molecule has 1 aliphatic carbocycles. The first kappa shape index (κ1) is 29.5. The average Bonchev–Trinajstić information content (AvgIpc) is 3.27. The second-order valence-corrected chi connectivity index (χ2v) is 12.4. The van der Waals surface area contributed by atoms with Gasteiger partial charge in [0.2, 0.25) is 5.91 Å². The molecule has 0 spiro atoms. The van der Waals surface area contributed by atoms with E-state index in [-0.39, 0.29) is 30.6 Å². The number of β-amino-alcohol motifs (C(OH)–C–C–N with tert-alkyl or cyclic N) is 1. The third-order valence-corrected chi connectivity index (χ3v) is 8.16. The van der Waals surface area contributed by atoms with Gasteiger partial charge in [-0.15, -0.1) is 0 Å². The van der Waals surface area contributed by atoms with Crippen molar-refractivity contribution in [3.63, 3.8) is 0 Å². The van der Waals surface area contributed by atoms with Crippen LogP contribution >= 0.6 is 10.2 Å². The Morgan fingerprint density at radius 2 is 1.85 bits per heavy atom. The lowest BCUT2D eigenvalue weighted by Gasteiger charge is -2.41.